The molecule has 0 spiro atoms. The maximum absolute atomic E-state index is 5.68. The summed E-state index contributed by atoms with van der Waals surface area (Å²) in [6.07, 6.45) is 5.49. The van der Waals surface area contributed by atoms with E-state index in [4.69, 9.17) is 4.74 Å². The topological polar surface area (TPSA) is 9.23 Å². The predicted molar refractivity (Wildman–Crippen MR) is 65.4 cm³/mol. The van der Waals surface area contributed by atoms with Gasteiger partial charge in [-0.15, -0.1) is 13.2 Å². The van der Waals surface area contributed by atoms with Crippen LogP contribution >= 0.6 is 0 Å². The third-order valence-corrected chi connectivity index (χ3v) is 2.20. The Bertz CT molecular complexity index is 311. The molecule has 0 aliphatic heterocycles. The van der Waals surface area contributed by atoms with Crippen molar-refractivity contribution in [2.45, 2.75) is 19.8 Å². The molecule has 0 saturated heterocycles. The summed E-state index contributed by atoms with van der Waals surface area (Å²) in [5.41, 5.74) is 2.40. The molecule has 0 fully saturated rings. The molecule has 0 atom stereocenters. The number of hydrogen-bond donors (Lipinski definition) is 0. The highest BCUT2D eigenvalue weighted by molar-refractivity contribution is 5.43. The van der Waals surface area contributed by atoms with Crippen LogP contribution in [0.5, 0.6) is 5.75 Å². The first-order chi connectivity index (χ1) is 7.33. The smallest absolute Gasteiger partial charge is 0.126 e. The third-order valence-electron chi connectivity index (χ3n) is 2.20. The van der Waals surface area contributed by atoms with Crippen molar-refractivity contribution in [1.82, 2.24) is 0 Å². The maximum atomic E-state index is 5.68. The van der Waals surface area contributed by atoms with Crippen molar-refractivity contribution in [2.75, 3.05) is 6.61 Å². The Kier molecular flexibility index (Phi) is 4.69. The summed E-state index contributed by atoms with van der Waals surface area (Å²) < 4.78 is 5.68. The monoisotopic (exact) mass is 202 g/mol. The van der Waals surface area contributed by atoms with E-state index in [0.717, 1.165) is 18.6 Å². The lowest BCUT2D eigenvalue weighted by molar-refractivity contribution is 0.334. The van der Waals surface area contributed by atoms with Gasteiger partial charge in [0.05, 0.1) is 6.61 Å². The largest absolute Gasteiger partial charge is 0.493 e. The van der Waals surface area contributed by atoms with Gasteiger partial charge < -0.3 is 4.74 Å². The second kappa shape index (κ2) is 6.07. The number of rotatable bonds is 6. The molecule has 1 heteroatoms. The van der Waals surface area contributed by atoms with Crippen molar-refractivity contribution in [2.24, 2.45) is 0 Å². The van der Waals surface area contributed by atoms with Gasteiger partial charge in [0.15, 0.2) is 0 Å². The van der Waals surface area contributed by atoms with E-state index in [9.17, 15) is 0 Å². The van der Waals surface area contributed by atoms with Gasteiger partial charge in [0, 0.05) is 0 Å². The van der Waals surface area contributed by atoms with Crippen LogP contribution in [-0.2, 0) is 12.8 Å². The van der Waals surface area contributed by atoms with Crippen molar-refractivity contribution in [3.8, 4) is 5.75 Å². The van der Waals surface area contributed by atoms with Gasteiger partial charge in [-0.3, -0.25) is 0 Å². The molecule has 1 nitrogen and oxygen atoms in total. The van der Waals surface area contributed by atoms with Crippen LogP contribution in [0, 0.1) is 0 Å². The van der Waals surface area contributed by atoms with E-state index in [-0.39, 0.29) is 0 Å². The maximum Gasteiger partial charge on any atom is 0.126 e. The van der Waals surface area contributed by atoms with E-state index in [1.165, 1.54) is 11.1 Å². The van der Waals surface area contributed by atoms with Crippen molar-refractivity contribution in [1.29, 1.82) is 0 Å². The van der Waals surface area contributed by atoms with Crippen LogP contribution in [0.25, 0.3) is 0 Å². The van der Waals surface area contributed by atoms with Gasteiger partial charge >= 0.3 is 0 Å². The fourth-order valence-electron chi connectivity index (χ4n) is 1.60. The van der Waals surface area contributed by atoms with Gasteiger partial charge in [-0.2, -0.15) is 0 Å². The minimum atomic E-state index is 0.693. The van der Waals surface area contributed by atoms with Crippen molar-refractivity contribution >= 4 is 0 Å². The molecule has 0 saturated carbocycles. The first-order valence-corrected chi connectivity index (χ1v) is 5.28. The molecule has 0 amide bonds. The molecule has 0 unspecified atom stereocenters. The molecule has 0 radical (unpaired) electrons. The Labute approximate surface area is 92.1 Å². The zero-order valence-electron chi connectivity index (χ0n) is 9.33. The molecule has 80 valence electrons. The minimum Gasteiger partial charge on any atom is -0.493 e. The normalized spacial score (nSPS) is 9.67. The van der Waals surface area contributed by atoms with Crippen LogP contribution in [-0.4, -0.2) is 6.61 Å². The van der Waals surface area contributed by atoms with Gasteiger partial charge in [-0.1, -0.05) is 30.4 Å². The lowest BCUT2D eigenvalue weighted by atomic mass is 10.0. The number of para-hydroxylation sites is 1. The van der Waals surface area contributed by atoms with E-state index >= 15 is 0 Å². The molecular weight excluding hydrogens is 184 g/mol. The lowest BCUT2D eigenvalue weighted by Gasteiger charge is -2.13. The molecule has 0 heterocycles. The Balaban J connectivity index is 3.07. The highest BCUT2D eigenvalue weighted by Gasteiger charge is 2.06. The number of benzene rings is 1. The summed E-state index contributed by atoms with van der Waals surface area (Å²) in [6.45, 7) is 10.2. The van der Waals surface area contributed by atoms with E-state index in [1.54, 1.807) is 0 Å². The predicted octanol–water partition coefficient (Wildman–Crippen LogP) is 3.54. The first-order valence-electron chi connectivity index (χ1n) is 5.28. The van der Waals surface area contributed by atoms with Crippen LogP contribution in [0.2, 0.25) is 0 Å². The fraction of sp³-hybridized carbons (Fsp3) is 0.286. The van der Waals surface area contributed by atoms with Gasteiger partial charge in [0.2, 0.25) is 0 Å². The quantitative estimate of drug-likeness (QED) is 0.641. The minimum absolute atomic E-state index is 0.693. The van der Waals surface area contributed by atoms with E-state index in [2.05, 4.69) is 31.4 Å². The summed E-state index contributed by atoms with van der Waals surface area (Å²) in [6, 6.07) is 6.22. The first kappa shape index (κ1) is 11.6. The highest BCUT2D eigenvalue weighted by Crippen LogP contribution is 2.25. The van der Waals surface area contributed by atoms with Crippen LogP contribution in [0.4, 0.5) is 0 Å². The zero-order valence-corrected chi connectivity index (χ0v) is 9.33. The Morgan fingerprint density at radius 1 is 1.13 bits per heavy atom. The lowest BCUT2D eigenvalue weighted by Crippen LogP contribution is -2.00. The number of allylic oxidation sites excluding steroid dienone is 2. The van der Waals surface area contributed by atoms with Crippen molar-refractivity contribution in [3.05, 3.63) is 54.6 Å². The highest BCUT2D eigenvalue weighted by atomic mass is 16.5. The molecule has 15 heavy (non-hydrogen) atoms. The Hall–Kier alpha value is -1.50. The molecule has 1 rings (SSSR count). The SMILES string of the molecule is C=CCc1cccc(CC=C)c1OCC. The zero-order chi connectivity index (χ0) is 11.1. The van der Waals surface area contributed by atoms with Crippen molar-refractivity contribution in [3.63, 3.8) is 0 Å². The van der Waals surface area contributed by atoms with Gasteiger partial charge in [0.1, 0.15) is 5.75 Å². The third kappa shape index (κ3) is 2.98. The second-order valence-corrected chi connectivity index (χ2v) is 3.32. The summed E-state index contributed by atoms with van der Waals surface area (Å²) in [5.74, 6) is 1.000. The van der Waals surface area contributed by atoms with E-state index < -0.39 is 0 Å². The van der Waals surface area contributed by atoms with Crippen molar-refractivity contribution < 1.29 is 4.74 Å². The molecule has 0 aliphatic carbocycles. The van der Waals surface area contributed by atoms with Crippen LogP contribution < -0.4 is 4.74 Å². The molecular formula is C14H18O. The fourth-order valence-corrected chi connectivity index (χ4v) is 1.60. The Morgan fingerprint density at radius 2 is 1.67 bits per heavy atom. The van der Waals surface area contributed by atoms with Gasteiger partial charge in [-0.25, -0.2) is 0 Å². The summed E-state index contributed by atoms with van der Waals surface area (Å²) >= 11 is 0. The molecule has 0 aromatic heterocycles. The van der Waals surface area contributed by atoms with E-state index in [0.29, 0.717) is 6.61 Å². The molecule has 0 aliphatic rings. The Morgan fingerprint density at radius 3 is 2.07 bits per heavy atom. The van der Waals surface area contributed by atoms with Crippen LogP contribution in [0.3, 0.4) is 0 Å². The molecule has 1 aromatic carbocycles. The second-order valence-electron chi connectivity index (χ2n) is 3.32. The molecule has 1 aromatic rings. The summed E-state index contributed by atoms with van der Waals surface area (Å²) in [7, 11) is 0. The summed E-state index contributed by atoms with van der Waals surface area (Å²) in [5, 5.41) is 0. The average Bonchev–Trinajstić information content (AvgIpc) is 2.23. The van der Waals surface area contributed by atoms with Crippen LogP contribution in [0.1, 0.15) is 18.1 Å². The average molecular weight is 202 g/mol. The van der Waals surface area contributed by atoms with Gasteiger partial charge in [-0.05, 0) is 30.9 Å². The standard InChI is InChI=1S/C14H18O/c1-4-8-12-10-7-11-13(9-5-2)14(12)15-6-3/h4-5,7,10-11H,1-2,6,8-9H2,3H3. The summed E-state index contributed by atoms with van der Waals surface area (Å²) in [4.78, 5) is 0. The van der Waals surface area contributed by atoms with Crippen LogP contribution in [0.15, 0.2) is 43.5 Å². The number of hydrogen-bond acceptors (Lipinski definition) is 1. The molecule has 0 bridgehead atoms. The number of ether oxygens (including phenoxy) is 1. The van der Waals surface area contributed by atoms with E-state index in [1.807, 2.05) is 19.1 Å². The van der Waals surface area contributed by atoms with Gasteiger partial charge in [0.25, 0.3) is 0 Å². The molecule has 0 N–H and O–H groups in total.